The number of benzene rings is 2. The van der Waals surface area contributed by atoms with E-state index in [9.17, 15) is 13.2 Å². The summed E-state index contributed by atoms with van der Waals surface area (Å²) in [5, 5.41) is 5.22. The van der Waals surface area contributed by atoms with E-state index in [2.05, 4.69) is 25.0 Å². The molecular weight excluding hydrogens is 735 g/mol. The summed E-state index contributed by atoms with van der Waals surface area (Å²) in [5.74, 6) is 0.739. The van der Waals surface area contributed by atoms with Crippen LogP contribution in [-0.2, 0) is 12.7 Å². The molecule has 0 bridgehead atoms. The van der Waals surface area contributed by atoms with Crippen LogP contribution in [0.3, 0.4) is 0 Å². The van der Waals surface area contributed by atoms with Gasteiger partial charge in [0.2, 0.25) is 5.88 Å². The number of hydrogen-bond donors (Lipinski definition) is 0. The highest BCUT2D eigenvalue weighted by Gasteiger charge is 2.49. The van der Waals surface area contributed by atoms with Gasteiger partial charge in [0.15, 0.2) is 0 Å². The summed E-state index contributed by atoms with van der Waals surface area (Å²) in [7, 11) is 1.52. The van der Waals surface area contributed by atoms with Crippen molar-refractivity contribution >= 4 is 42.5 Å². The molecule has 54 heavy (non-hydrogen) atoms. The van der Waals surface area contributed by atoms with E-state index in [0.29, 0.717) is 34.3 Å². The van der Waals surface area contributed by atoms with E-state index in [-0.39, 0.29) is 46.3 Å². The number of thiophene rings is 1. The van der Waals surface area contributed by atoms with Crippen LogP contribution in [0, 0.1) is 0 Å². The number of halogens is 6. The maximum absolute atomic E-state index is 15.1. The third kappa shape index (κ3) is 6.46. The normalized spacial score (nSPS) is 19.4. The number of methoxy groups -OCH3 is 1. The quantitative estimate of drug-likeness (QED) is 0.135. The Morgan fingerprint density at radius 2 is 1.83 bits per heavy atom. The molecule has 0 aliphatic carbocycles. The Balaban J connectivity index is 1.31. The van der Waals surface area contributed by atoms with Crippen LogP contribution in [0.25, 0.3) is 42.5 Å². The summed E-state index contributed by atoms with van der Waals surface area (Å²) >= 11 is 1.03. The number of hydrogen-bond acceptors (Lipinski definition) is 9. The Morgan fingerprint density at radius 1 is 1.06 bits per heavy atom. The zero-order valence-corrected chi connectivity index (χ0v) is 30.6. The zero-order chi connectivity index (χ0) is 38.2. The summed E-state index contributed by atoms with van der Waals surface area (Å²) in [6.07, 6.45) is -5.00. The lowest BCUT2D eigenvalue weighted by Crippen LogP contribution is -2.43. The number of fused-ring (bicyclic) bond motifs is 5. The van der Waals surface area contributed by atoms with E-state index in [1.54, 1.807) is 30.3 Å². The van der Waals surface area contributed by atoms with Crippen LogP contribution in [0.5, 0.6) is 17.6 Å². The fourth-order valence-electron chi connectivity index (χ4n) is 7.80. The molecule has 0 saturated carbocycles. The molecule has 2 saturated heterocycles. The number of nitrogens with zero attached hydrogens (tertiary/aromatic N) is 6. The number of aromatic nitrogens is 5. The smallest absolute Gasteiger partial charge is 0.417 e. The van der Waals surface area contributed by atoms with Gasteiger partial charge in [0.05, 0.1) is 52.3 Å². The van der Waals surface area contributed by atoms with Gasteiger partial charge in [-0.2, -0.15) is 28.2 Å². The summed E-state index contributed by atoms with van der Waals surface area (Å²) in [6.45, 7) is 6.83. The van der Waals surface area contributed by atoms with Crippen molar-refractivity contribution < 1.29 is 40.6 Å². The molecule has 16 heteroatoms. The molecule has 2 aliphatic heterocycles. The molecule has 0 spiro atoms. The third-order valence-corrected chi connectivity index (χ3v) is 11.2. The Labute approximate surface area is 309 Å². The van der Waals surface area contributed by atoms with Gasteiger partial charge >= 0.3 is 12.2 Å². The highest BCUT2D eigenvalue weighted by atomic mass is 32.1. The molecule has 2 aromatic carbocycles. The fraction of sp³-hybridized carbons (Fsp3) is 0.421. The van der Waals surface area contributed by atoms with Gasteiger partial charge in [-0.25, -0.2) is 13.2 Å². The molecule has 0 unspecified atom stereocenters. The first kappa shape index (κ1) is 36.3. The average molecular weight is 771 g/mol. The molecule has 0 N–H and O–H groups in total. The van der Waals surface area contributed by atoms with Crippen LogP contribution >= 0.6 is 11.3 Å². The second kappa shape index (κ2) is 13.3. The van der Waals surface area contributed by atoms with E-state index in [1.807, 2.05) is 20.8 Å². The van der Waals surface area contributed by atoms with E-state index in [0.717, 1.165) is 42.4 Å². The van der Waals surface area contributed by atoms with Crippen LogP contribution < -0.4 is 14.2 Å². The molecule has 284 valence electrons. The first-order valence-corrected chi connectivity index (χ1v) is 18.3. The van der Waals surface area contributed by atoms with Crippen LogP contribution in [-0.4, -0.2) is 73.8 Å². The predicted octanol–water partition coefficient (Wildman–Crippen LogP) is 9.40. The van der Waals surface area contributed by atoms with Gasteiger partial charge in [0.25, 0.3) is 6.43 Å². The van der Waals surface area contributed by atoms with Crippen molar-refractivity contribution in [1.29, 1.82) is 0 Å². The van der Waals surface area contributed by atoms with Gasteiger partial charge in [-0.15, -0.1) is 11.3 Å². The van der Waals surface area contributed by atoms with E-state index >= 15 is 13.2 Å². The van der Waals surface area contributed by atoms with Crippen molar-refractivity contribution in [3.05, 3.63) is 65.5 Å². The van der Waals surface area contributed by atoms with Crippen molar-refractivity contribution in [2.24, 2.45) is 0 Å². The van der Waals surface area contributed by atoms with Gasteiger partial charge < -0.3 is 14.2 Å². The number of alkyl halides is 6. The molecule has 8 rings (SSSR count). The largest absolute Gasteiger partial charge is 0.497 e. The highest BCUT2D eigenvalue weighted by Crippen LogP contribution is 2.50. The Kier molecular flexibility index (Phi) is 8.90. The Bertz CT molecular complexity index is 2370. The summed E-state index contributed by atoms with van der Waals surface area (Å²) in [4.78, 5) is 16.1. The van der Waals surface area contributed by atoms with Gasteiger partial charge in [-0.05, 0) is 70.0 Å². The summed E-state index contributed by atoms with van der Waals surface area (Å²) in [6, 6.07) is 9.41. The monoisotopic (exact) mass is 770 g/mol. The lowest BCUT2D eigenvalue weighted by Gasteiger charge is -2.30. The van der Waals surface area contributed by atoms with Gasteiger partial charge in [0, 0.05) is 41.1 Å². The van der Waals surface area contributed by atoms with Crippen molar-refractivity contribution in [1.82, 2.24) is 29.6 Å². The van der Waals surface area contributed by atoms with Crippen LogP contribution in [0.2, 0.25) is 0 Å². The lowest BCUT2D eigenvalue weighted by atomic mass is 9.93. The number of ether oxygens (including phenoxy) is 3. The van der Waals surface area contributed by atoms with E-state index in [1.165, 1.54) is 24.2 Å². The molecule has 2 aliphatic rings. The zero-order valence-electron chi connectivity index (χ0n) is 29.8. The van der Waals surface area contributed by atoms with E-state index < -0.39 is 46.6 Å². The minimum absolute atomic E-state index is 0.00192. The first-order chi connectivity index (χ1) is 25.6. The molecule has 6 heterocycles. The molecular formula is C38H36F6N6O3S. The maximum Gasteiger partial charge on any atom is 0.417 e. The molecule has 0 amide bonds. The summed E-state index contributed by atoms with van der Waals surface area (Å²) < 4.78 is 108. The Morgan fingerprint density at radius 3 is 2.54 bits per heavy atom. The third-order valence-electron chi connectivity index (χ3n) is 10.1. The van der Waals surface area contributed by atoms with Crippen molar-refractivity contribution in [3.8, 4) is 28.9 Å². The maximum atomic E-state index is 15.1. The second-order valence-corrected chi connectivity index (χ2v) is 15.8. The number of pyridine rings is 1. The molecule has 0 radical (unpaired) electrons. The topological polar surface area (TPSA) is 87.4 Å². The fourth-order valence-corrected chi connectivity index (χ4v) is 8.94. The van der Waals surface area contributed by atoms with E-state index in [4.69, 9.17) is 14.2 Å². The lowest BCUT2D eigenvalue weighted by molar-refractivity contribution is -0.138. The standard InChI is InChI=1S/C38H36F6N6O3S/c1-36(2,3)53-33-28-23-10-12-45-30(31(23)54-34(28)48-35(47-33)52-19-37-11-5-13-49(37)18-21(39)15-37)27-25-16-46-50(17-20-6-8-22(51-4)9-7-20)26(25)14-24(32(40)41)29(27)38(42,43)44/h6-10,12,14,16,21,32H,5,11,13,15,17-19H2,1-4H3/t21-,37+/m1/s1. The van der Waals surface area contributed by atoms with Gasteiger partial charge in [0.1, 0.15) is 29.0 Å². The Hall–Kier alpha value is -4.70. The van der Waals surface area contributed by atoms with Crippen LogP contribution in [0.15, 0.2) is 48.8 Å². The molecule has 4 aromatic heterocycles. The molecule has 6 aromatic rings. The minimum atomic E-state index is -5.18. The van der Waals surface area contributed by atoms with Gasteiger partial charge in [-0.1, -0.05) is 12.1 Å². The van der Waals surface area contributed by atoms with Crippen LogP contribution in [0.1, 0.15) is 63.1 Å². The minimum Gasteiger partial charge on any atom is -0.497 e. The van der Waals surface area contributed by atoms with Crippen molar-refractivity contribution in [2.75, 3.05) is 26.8 Å². The second-order valence-electron chi connectivity index (χ2n) is 14.8. The number of rotatable bonds is 9. The molecule has 2 atom stereocenters. The SMILES string of the molecule is COc1ccc(Cn2ncc3c(-c4nccc5c4sc4nc(OC[C@@]67CCCN6C[C@H](F)C7)nc(OC(C)(C)C)c45)c(C(F)(F)F)c(C(F)F)cc32)cc1. The average Bonchev–Trinajstić information content (AvgIpc) is 3.86. The first-order valence-electron chi connectivity index (χ1n) is 17.5. The predicted molar refractivity (Wildman–Crippen MR) is 192 cm³/mol. The molecule has 2 fully saturated rings. The van der Waals surface area contributed by atoms with Crippen molar-refractivity contribution in [2.45, 2.75) is 76.5 Å². The highest BCUT2D eigenvalue weighted by molar-refractivity contribution is 7.26. The van der Waals surface area contributed by atoms with Crippen LogP contribution in [0.4, 0.5) is 26.3 Å². The van der Waals surface area contributed by atoms with Crippen molar-refractivity contribution in [3.63, 3.8) is 0 Å². The van der Waals surface area contributed by atoms with Gasteiger partial charge in [-0.3, -0.25) is 14.6 Å². The summed E-state index contributed by atoms with van der Waals surface area (Å²) in [5.41, 5.74) is -3.77. The molecule has 9 nitrogen and oxygen atoms in total.